The Kier molecular flexibility index (Phi) is 4.89. The van der Waals surface area contributed by atoms with E-state index in [0.717, 1.165) is 0 Å². The summed E-state index contributed by atoms with van der Waals surface area (Å²) in [4.78, 5) is 22.9. The van der Waals surface area contributed by atoms with Gasteiger partial charge in [-0.15, -0.1) is 0 Å². The summed E-state index contributed by atoms with van der Waals surface area (Å²) in [6.45, 7) is 3.15. The smallest absolute Gasteiger partial charge is 0.227 e. The Bertz CT molecular complexity index is 288. The average Bonchev–Trinajstić information content (AvgIpc) is 2.28. The van der Waals surface area contributed by atoms with Crippen LogP contribution in [0.2, 0.25) is 0 Å². The molecule has 1 heterocycles. The monoisotopic (exact) mass is 243 g/mol. The second kappa shape index (κ2) is 5.97. The van der Waals surface area contributed by atoms with E-state index in [1.54, 1.807) is 6.92 Å². The van der Waals surface area contributed by atoms with Crippen molar-refractivity contribution in [2.24, 2.45) is 16.9 Å². The summed E-state index contributed by atoms with van der Waals surface area (Å²) in [6, 6.07) is -0.258. The fraction of sp³-hybridized carbons (Fsp3) is 0.818. The van der Waals surface area contributed by atoms with E-state index in [-0.39, 0.29) is 18.4 Å². The minimum absolute atomic E-state index is 0.1000. The van der Waals surface area contributed by atoms with Gasteiger partial charge in [0.2, 0.25) is 11.8 Å². The minimum atomic E-state index is -0.551. The number of carbonyl (C=O) groups excluding carboxylic acids is 2. The van der Waals surface area contributed by atoms with E-state index in [4.69, 9.17) is 16.2 Å². The lowest BCUT2D eigenvalue weighted by atomic mass is 9.79. The predicted molar refractivity (Wildman–Crippen MR) is 63.0 cm³/mol. The van der Waals surface area contributed by atoms with Crippen LogP contribution in [0.25, 0.3) is 0 Å². The molecule has 17 heavy (non-hydrogen) atoms. The number of carbonyl (C=O) groups is 2. The van der Waals surface area contributed by atoms with Crippen molar-refractivity contribution < 1.29 is 14.3 Å². The van der Waals surface area contributed by atoms with Crippen molar-refractivity contribution >= 4 is 11.8 Å². The van der Waals surface area contributed by atoms with Gasteiger partial charge in [-0.05, 0) is 19.8 Å². The first-order chi connectivity index (χ1) is 8.00. The first kappa shape index (κ1) is 13.9. The molecule has 5 N–H and O–H groups in total. The molecule has 98 valence electrons. The molecule has 0 aliphatic carbocycles. The zero-order chi connectivity index (χ0) is 12.9. The summed E-state index contributed by atoms with van der Waals surface area (Å²) in [7, 11) is 0. The Labute approximate surface area is 101 Å². The van der Waals surface area contributed by atoms with Gasteiger partial charge in [0.15, 0.2) is 0 Å². The van der Waals surface area contributed by atoms with Gasteiger partial charge in [0, 0.05) is 32.2 Å². The molecule has 1 aliphatic rings. The summed E-state index contributed by atoms with van der Waals surface area (Å²) in [5.74, 6) is -0.524. The second-order valence-corrected chi connectivity index (χ2v) is 4.64. The van der Waals surface area contributed by atoms with Crippen LogP contribution in [0.15, 0.2) is 0 Å². The number of hydrogen-bond acceptors (Lipinski definition) is 4. The van der Waals surface area contributed by atoms with Crippen LogP contribution in [0.4, 0.5) is 0 Å². The van der Waals surface area contributed by atoms with Crippen LogP contribution < -0.4 is 16.8 Å². The van der Waals surface area contributed by atoms with E-state index >= 15 is 0 Å². The highest BCUT2D eigenvalue weighted by atomic mass is 16.5. The molecule has 0 bridgehead atoms. The molecule has 1 unspecified atom stereocenters. The van der Waals surface area contributed by atoms with E-state index in [9.17, 15) is 9.59 Å². The van der Waals surface area contributed by atoms with Crippen molar-refractivity contribution in [1.82, 2.24) is 5.32 Å². The molecule has 1 atom stereocenters. The van der Waals surface area contributed by atoms with Crippen molar-refractivity contribution in [3.63, 3.8) is 0 Å². The molecule has 0 saturated carbocycles. The van der Waals surface area contributed by atoms with Gasteiger partial charge in [0.1, 0.15) is 0 Å². The van der Waals surface area contributed by atoms with Crippen molar-refractivity contribution in [1.29, 1.82) is 0 Å². The molecular formula is C11H21N3O3. The number of hydrogen-bond donors (Lipinski definition) is 3. The van der Waals surface area contributed by atoms with Gasteiger partial charge in [-0.3, -0.25) is 9.59 Å². The van der Waals surface area contributed by atoms with E-state index < -0.39 is 11.3 Å². The topological polar surface area (TPSA) is 107 Å². The maximum atomic E-state index is 12.1. The van der Waals surface area contributed by atoms with E-state index in [1.165, 1.54) is 0 Å². The molecule has 1 rings (SSSR count). The number of amides is 2. The second-order valence-electron chi connectivity index (χ2n) is 4.64. The largest absolute Gasteiger partial charge is 0.381 e. The first-order valence-electron chi connectivity index (χ1n) is 5.87. The van der Waals surface area contributed by atoms with Crippen molar-refractivity contribution in [2.75, 3.05) is 19.8 Å². The fourth-order valence-electron chi connectivity index (χ4n) is 2.02. The van der Waals surface area contributed by atoms with Gasteiger partial charge >= 0.3 is 0 Å². The average molecular weight is 243 g/mol. The number of nitrogens with one attached hydrogen (secondary N) is 1. The Hall–Kier alpha value is -1.14. The van der Waals surface area contributed by atoms with Crippen LogP contribution >= 0.6 is 0 Å². The lowest BCUT2D eigenvalue weighted by molar-refractivity contribution is -0.136. The van der Waals surface area contributed by atoms with Gasteiger partial charge in [0.25, 0.3) is 0 Å². The summed E-state index contributed by atoms with van der Waals surface area (Å²) in [5.41, 5.74) is 10.2. The van der Waals surface area contributed by atoms with Crippen LogP contribution in [0, 0.1) is 5.41 Å². The zero-order valence-electron chi connectivity index (χ0n) is 10.2. The Balaban J connectivity index is 2.57. The van der Waals surface area contributed by atoms with Gasteiger partial charge in [-0.25, -0.2) is 0 Å². The minimum Gasteiger partial charge on any atom is -0.381 e. The van der Waals surface area contributed by atoms with E-state index in [1.807, 2.05) is 0 Å². The third-order valence-electron chi connectivity index (χ3n) is 3.21. The predicted octanol–water partition coefficient (Wildman–Crippen LogP) is -0.878. The number of primary amides is 1. The molecule has 6 nitrogen and oxygen atoms in total. The highest BCUT2D eigenvalue weighted by Gasteiger charge is 2.39. The number of rotatable bonds is 5. The van der Waals surface area contributed by atoms with Crippen LogP contribution in [0.5, 0.6) is 0 Å². The highest BCUT2D eigenvalue weighted by molar-refractivity contribution is 5.84. The Morgan fingerprint density at radius 2 is 2.00 bits per heavy atom. The molecular weight excluding hydrogens is 222 g/mol. The normalized spacial score (nSPS) is 20.6. The quantitative estimate of drug-likeness (QED) is 0.583. The van der Waals surface area contributed by atoms with Gasteiger partial charge < -0.3 is 21.5 Å². The van der Waals surface area contributed by atoms with Gasteiger partial charge in [0.05, 0.1) is 5.41 Å². The Morgan fingerprint density at radius 3 is 2.47 bits per heavy atom. The standard InChI is InChI=1S/C11H21N3O3/c1-8(6-9(13)15)14-10(16)11(7-12)2-4-17-5-3-11/h8H,2-7,12H2,1H3,(H2,13,15)(H,14,16). The van der Waals surface area contributed by atoms with Crippen molar-refractivity contribution in [2.45, 2.75) is 32.2 Å². The SMILES string of the molecule is CC(CC(N)=O)NC(=O)C1(CN)CCOCC1. The van der Waals surface area contributed by atoms with Crippen LogP contribution in [-0.4, -0.2) is 37.6 Å². The third-order valence-corrected chi connectivity index (χ3v) is 3.21. The summed E-state index contributed by atoms with van der Waals surface area (Å²) in [5, 5.41) is 2.80. The molecule has 1 aliphatic heterocycles. The van der Waals surface area contributed by atoms with Crippen LogP contribution in [0.1, 0.15) is 26.2 Å². The van der Waals surface area contributed by atoms with E-state index in [0.29, 0.717) is 32.6 Å². The van der Waals surface area contributed by atoms with Crippen molar-refractivity contribution in [3.8, 4) is 0 Å². The van der Waals surface area contributed by atoms with Gasteiger partial charge in [-0.1, -0.05) is 0 Å². The lowest BCUT2D eigenvalue weighted by Crippen LogP contribution is -2.51. The fourth-order valence-corrected chi connectivity index (χ4v) is 2.02. The number of nitrogens with two attached hydrogens (primary N) is 2. The first-order valence-corrected chi connectivity index (χ1v) is 5.87. The number of ether oxygens (including phenoxy) is 1. The molecule has 0 aromatic heterocycles. The molecule has 1 saturated heterocycles. The Morgan fingerprint density at radius 1 is 1.41 bits per heavy atom. The molecule has 6 heteroatoms. The molecule has 0 aromatic rings. The molecule has 1 fully saturated rings. The van der Waals surface area contributed by atoms with Crippen molar-refractivity contribution in [3.05, 3.63) is 0 Å². The summed E-state index contributed by atoms with van der Waals surface area (Å²) in [6.07, 6.45) is 1.39. The van der Waals surface area contributed by atoms with Crippen LogP contribution in [0.3, 0.4) is 0 Å². The van der Waals surface area contributed by atoms with Crippen LogP contribution in [-0.2, 0) is 14.3 Å². The summed E-state index contributed by atoms with van der Waals surface area (Å²) >= 11 is 0. The lowest BCUT2D eigenvalue weighted by Gasteiger charge is -2.35. The third kappa shape index (κ3) is 3.67. The maximum absolute atomic E-state index is 12.1. The maximum Gasteiger partial charge on any atom is 0.227 e. The van der Waals surface area contributed by atoms with Gasteiger partial charge in [-0.2, -0.15) is 0 Å². The molecule has 0 radical (unpaired) electrons. The molecule has 0 spiro atoms. The zero-order valence-corrected chi connectivity index (χ0v) is 10.2. The molecule has 0 aromatic carbocycles. The molecule has 2 amide bonds. The summed E-state index contributed by atoms with van der Waals surface area (Å²) < 4.78 is 5.24. The highest BCUT2D eigenvalue weighted by Crippen LogP contribution is 2.29. The van der Waals surface area contributed by atoms with E-state index in [2.05, 4.69) is 5.32 Å².